The van der Waals surface area contributed by atoms with Crippen molar-refractivity contribution in [3.63, 3.8) is 0 Å². The summed E-state index contributed by atoms with van der Waals surface area (Å²) in [5.74, 6) is 0. The Labute approximate surface area is 97.3 Å². The molecule has 1 aromatic heterocycles. The van der Waals surface area contributed by atoms with Crippen molar-refractivity contribution in [3.05, 3.63) is 25.0 Å². The predicted molar refractivity (Wildman–Crippen MR) is 66.6 cm³/mol. The lowest BCUT2D eigenvalue weighted by molar-refractivity contribution is 0.183. The number of nitrogens with one attached hydrogen (secondary N) is 1. The zero-order valence-corrected chi connectivity index (χ0v) is 10.1. The monoisotopic (exact) mass is 223 g/mol. The lowest BCUT2D eigenvalue weighted by atomic mass is 10.2. The van der Waals surface area contributed by atoms with Gasteiger partial charge in [0, 0.05) is 19.3 Å². The molecule has 0 aliphatic rings. The number of hydrogen-bond acceptors (Lipinski definition) is 3. The molecular weight excluding hydrogens is 202 g/mol. The summed E-state index contributed by atoms with van der Waals surface area (Å²) in [7, 11) is 1.69. The Morgan fingerprint density at radius 2 is 2.50 bits per heavy atom. The number of methoxy groups -OCH3 is 1. The molecule has 1 unspecified atom stereocenters. The first-order valence-corrected chi connectivity index (χ1v) is 5.65. The summed E-state index contributed by atoms with van der Waals surface area (Å²) in [6, 6.07) is 0.443. The lowest BCUT2D eigenvalue weighted by Gasteiger charge is -2.11. The Morgan fingerprint density at radius 1 is 1.69 bits per heavy atom. The van der Waals surface area contributed by atoms with Gasteiger partial charge in [-0.05, 0) is 19.8 Å². The van der Waals surface area contributed by atoms with E-state index in [4.69, 9.17) is 4.74 Å². The fourth-order valence-corrected chi connectivity index (χ4v) is 1.47. The van der Waals surface area contributed by atoms with E-state index in [0.717, 1.165) is 25.1 Å². The van der Waals surface area contributed by atoms with E-state index in [0.29, 0.717) is 12.6 Å². The fraction of sp³-hybridized carbons (Fsp3) is 0.583. The maximum absolute atomic E-state index is 5.00. The molecule has 16 heavy (non-hydrogen) atoms. The van der Waals surface area contributed by atoms with Gasteiger partial charge < -0.3 is 10.1 Å². The Bertz CT molecular complexity index is 309. The molecular formula is C12H21N3O. The van der Waals surface area contributed by atoms with Crippen LogP contribution in [-0.2, 0) is 11.3 Å². The highest BCUT2D eigenvalue weighted by Crippen LogP contribution is 2.09. The molecule has 0 saturated carbocycles. The van der Waals surface area contributed by atoms with Gasteiger partial charge in [0.15, 0.2) is 0 Å². The summed E-state index contributed by atoms with van der Waals surface area (Å²) in [4.78, 5) is 0. The van der Waals surface area contributed by atoms with Crippen LogP contribution >= 0.6 is 0 Å². The zero-order chi connectivity index (χ0) is 11.8. The van der Waals surface area contributed by atoms with Crippen molar-refractivity contribution in [3.8, 4) is 0 Å². The van der Waals surface area contributed by atoms with E-state index in [-0.39, 0.29) is 0 Å². The average molecular weight is 223 g/mol. The van der Waals surface area contributed by atoms with Crippen LogP contribution in [0.5, 0.6) is 0 Å². The second-order valence-electron chi connectivity index (χ2n) is 3.90. The maximum Gasteiger partial charge on any atom is 0.0728 e. The molecule has 0 saturated heterocycles. The van der Waals surface area contributed by atoms with Gasteiger partial charge >= 0.3 is 0 Å². The number of rotatable bonds is 8. The van der Waals surface area contributed by atoms with Crippen molar-refractivity contribution >= 4 is 5.69 Å². The molecule has 1 rings (SSSR count). The molecule has 1 heterocycles. The van der Waals surface area contributed by atoms with Crippen LogP contribution in [0.1, 0.15) is 19.8 Å². The molecule has 90 valence electrons. The summed E-state index contributed by atoms with van der Waals surface area (Å²) in [5, 5.41) is 7.64. The number of anilines is 1. The second kappa shape index (κ2) is 7.06. The van der Waals surface area contributed by atoms with Crippen molar-refractivity contribution in [1.82, 2.24) is 9.78 Å². The van der Waals surface area contributed by atoms with Crippen molar-refractivity contribution in [2.45, 2.75) is 32.4 Å². The smallest absolute Gasteiger partial charge is 0.0728 e. The highest BCUT2D eigenvalue weighted by molar-refractivity contribution is 5.39. The minimum Gasteiger partial charge on any atom is -0.383 e. The van der Waals surface area contributed by atoms with E-state index < -0.39 is 0 Å². The molecule has 0 aromatic carbocycles. The zero-order valence-electron chi connectivity index (χ0n) is 10.1. The number of allylic oxidation sites excluding steroid dienone is 1. The Balaban J connectivity index is 2.35. The highest BCUT2D eigenvalue weighted by atomic mass is 16.5. The van der Waals surface area contributed by atoms with E-state index in [1.54, 1.807) is 7.11 Å². The predicted octanol–water partition coefficient (Wildman–Crippen LogP) is 2.30. The van der Waals surface area contributed by atoms with E-state index in [1.807, 2.05) is 23.2 Å². The van der Waals surface area contributed by atoms with Crippen LogP contribution in [0.25, 0.3) is 0 Å². The van der Waals surface area contributed by atoms with E-state index in [1.165, 1.54) is 0 Å². The first kappa shape index (κ1) is 12.8. The third-order valence-corrected chi connectivity index (χ3v) is 2.37. The molecule has 0 radical (unpaired) electrons. The Morgan fingerprint density at radius 3 is 3.19 bits per heavy atom. The minimum atomic E-state index is 0.443. The van der Waals surface area contributed by atoms with Gasteiger partial charge in [0.25, 0.3) is 0 Å². The van der Waals surface area contributed by atoms with Gasteiger partial charge in [-0.2, -0.15) is 5.10 Å². The molecule has 0 aliphatic heterocycles. The normalized spacial score (nSPS) is 12.4. The van der Waals surface area contributed by atoms with Crippen LogP contribution < -0.4 is 5.32 Å². The van der Waals surface area contributed by atoms with Gasteiger partial charge in [-0.3, -0.25) is 4.68 Å². The summed E-state index contributed by atoms with van der Waals surface area (Å²) >= 11 is 0. The molecule has 1 atom stereocenters. The molecule has 1 N–H and O–H groups in total. The minimum absolute atomic E-state index is 0.443. The molecule has 0 aliphatic carbocycles. The van der Waals surface area contributed by atoms with Gasteiger partial charge in [0.2, 0.25) is 0 Å². The topological polar surface area (TPSA) is 39.1 Å². The van der Waals surface area contributed by atoms with Crippen molar-refractivity contribution < 1.29 is 4.74 Å². The van der Waals surface area contributed by atoms with Crippen molar-refractivity contribution in [1.29, 1.82) is 0 Å². The van der Waals surface area contributed by atoms with Crippen LogP contribution in [0.2, 0.25) is 0 Å². The Kier molecular flexibility index (Phi) is 5.64. The molecule has 0 spiro atoms. The third-order valence-electron chi connectivity index (χ3n) is 2.37. The van der Waals surface area contributed by atoms with Crippen LogP contribution in [0.4, 0.5) is 5.69 Å². The number of hydrogen-bond donors (Lipinski definition) is 1. The van der Waals surface area contributed by atoms with Crippen LogP contribution in [0.3, 0.4) is 0 Å². The molecule has 4 heteroatoms. The molecule has 0 fully saturated rings. The van der Waals surface area contributed by atoms with Crippen LogP contribution in [0.15, 0.2) is 25.0 Å². The number of nitrogens with zero attached hydrogens (tertiary/aromatic N) is 2. The Hall–Kier alpha value is -1.29. The lowest BCUT2D eigenvalue weighted by Crippen LogP contribution is -2.14. The van der Waals surface area contributed by atoms with Crippen LogP contribution in [-0.4, -0.2) is 29.5 Å². The molecule has 0 amide bonds. The fourth-order valence-electron chi connectivity index (χ4n) is 1.47. The van der Waals surface area contributed by atoms with Crippen molar-refractivity contribution in [2.75, 3.05) is 19.0 Å². The van der Waals surface area contributed by atoms with Gasteiger partial charge in [-0.25, -0.2) is 0 Å². The summed E-state index contributed by atoms with van der Waals surface area (Å²) in [5.41, 5.74) is 1.06. The second-order valence-corrected chi connectivity index (χ2v) is 3.90. The molecule has 0 bridgehead atoms. The summed E-state index contributed by atoms with van der Waals surface area (Å²) < 4.78 is 6.88. The van der Waals surface area contributed by atoms with E-state index in [2.05, 4.69) is 23.9 Å². The van der Waals surface area contributed by atoms with Crippen molar-refractivity contribution in [2.24, 2.45) is 0 Å². The van der Waals surface area contributed by atoms with Gasteiger partial charge in [0.05, 0.1) is 25.0 Å². The first-order chi connectivity index (χ1) is 7.76. The molecule has 1 aromatic rings. The summed E-state index contributed by atoms with van der Waals surface area (Å²) in [6.07, 6.45) is 7.92. The van der Waals surface area contributed by atoms with E-state index >= 15 is 0 Å². The van der Waals surface area contributed by atoms with Gasteiger partial charge in [0.1, 0.15) is 0 Å². The third kappa shape index (κ3) is 4.49. The maximum atomic E-state index is 5.00. The quantitative estimate of drug-likeness (QED) is 0.687. The van der Waals surface area contributed by atoms with Gasteiger partial charge in [-0.1, -0.05) is 6.08 Å². The highest BCUT2D eigenvalue weighted by Gasteiger charge is 2.03. The largest absolute Gasteiger partial charge is 0.383 e. The number of ether oxygens (including phenoxy) is 1. The first-order valence-electron chi connectivity index (χ1n) is 5.65. The van der Waals surface area contributed by atoms with Gasteiger partial charge in [-0.15, -0.1) is 6.58 Å². The van der Waals surface area contributed by atoms with Crippen LogP contribution in [0, 0.1) is 0 Å². The summed E-state index contributed by atoms with van der Waals surface area (Å²) in [6.45, 7) is 7.36. The SMILES string of the molecule is C=CCCC(C)Nc1cnn(CCOC)c1. The standard InChI is InChI=1S/C12H21N3O/c1-4-5-6-11(2)14-12-9-13-15(10-12)7-8-16-3/h4,9-11,14H,1,5-8H2,2-3H3. The van der Waals surface area contributed by atoms with E-state index in [9.17, 15) is 0 Å². The molecule has 4 nitrogen and oxygen atoms in total. The number of aromatic nitrogens is 2. The average Bonchev–Trinajstić information content (AvgIpc) is 2.71.